The van der Waals surface area contributed by atoms with Crippen LogP contribution >= 0.6 is 15.9 Å². The second-order valence-electron chi connectivity index (χ2n) is 5.65. The van der Waals surface area contributed by atoms with Gasteiger partial charge in [0.15, 0.2) is 5.78 Å². The van der Waals surface area contributed by atoms with E-state index >= 15 is 0 Å². The van der Waals surface area contributed by atoms with Gasteiger partial charge in [0, 0.05) is 12.6 Å². The van der Waals surface area contributed by atoms with Crippen molar-refractivity contribution in [1.29, 1.82) is 0 Å². The molecular formula is C14H23BrN4O. The third kappa shape index (κ3) is 4.14. The van der Waals surface area contributed by atoms with E-state index in [0.29, 0.717) is 18.3 Å². The van der Waals surface area contributed by atoms with Crippen LogP contribution in [0.3, 0.4) is 0 Å². The van der Waals surface area contributed by atoms with Crippen LogP contribution in [0, 0.1) is 0 Å². The zero-order valence-corrected chi connectivity index (χ0v) is 13.8. The number of Topliss-reactive ketones (excluding diaryl/α,β-unsaturated/α-hetero) is 1. The maximum atomic E-state index is 12.4. The van der Waals surface area contributed by atoms with Crippen LogP contribution in [-0.4, -0.2) is 53.7 Å². The van der Waals surface area contributed by atoms with Crippen molar-refractivity contribution >= 4 is 21.7 Å². The number of aromatic nitrogens is 2. The molecule has 1 fully saturated rings. The van der Waals surface area contributed by atoms with Crippen molar-refractivity contribution < 1.29 is 4.79 Å². The summed E-state index contributed by atoms with van der Waals surface area (Å²) < 4.78 is 2.58. The summed E-state index contributed by atoms with van der Waals surface area (Å²) in [5.74, 6) is 0.111. The number of carbonyl (C=O) groups is 1. The third-order valence-corrected chi connectivity index (χ3v) is 4.30. The van der Waals surface area contributed by atoms with E-state index in [-0.39, 0.29) is 5.78 Å². The Morgan fingerprint density at radius 2 is 2.20 bits per heavy atom. The zero-order valence-electron chi connectivity index (χ0n) is 12.2. The first-order valence-electron chi connectivity index (χ1n) is 7.20. The average Bonchev–Trinajstić information content (AvgIpc) is 3.03. The van der Waals surface area contributed by atoms with Crippen LogP contribution in [0.5, 0.6) is 0 Å². The van der Waals surface area contributed by atoms with Crippen LogP contribution in [0.1, 0.15) is 36.2 Å². The van der Waals surface area contributed by atoms with Crippen molar-refractivity contribution in [2.75, 3.05) is 27.2 Å². The Kier molecular flexibility index (Phi) is 5.74. The van der Waals surface area contributed by atoms with Crippen LogP contribution in [0.2, 0.25) is 0 Å². The Balaban J connectivity index is 1.95. The largest absolute Gasteiger partial charge is 0.308 e. The van der Waals surface area contributed by atoms with Gasteiger partial charge < -0.3 is 10.2 Å². The fourth-order valence-electron chi connectivity index (χ4n) is 2.55. The van der Waals surface area contributed by atoms with E-state index in [1.54, 1.807) is 10.9 Å². The quantitative estimate of drug-likeness (QED) is 0.769. The maximum absolute atomic E-state index is 12.4. The summed E-state index contributed by atoms with van der Waals surface area (Å²) in [4.78, 5) is 14.5. The number of nitrogens with one attached hydrogen (secondary N) is 1. The summed E-state index contributed by atoms with van der Waals surface area (Å²) in [6.07, 6.45) is 6.63. The second kappa shape index (κ2) is 7.33. The molecule has 0 atom stereocenters. The molecule has 0 saturated heterocycles. The van der Waals surface area contributed by atoms with Gasteiger partial charge >= 0.3 is 0 Å². The first-order valence-corrected chi connectivity index (χ1v) is 8.00. The molecule has 1 saturated carbocycles. The highest BCUT2D eigenvalue weighted by Crippen LogP contribution is 2.19. The predicted molar refractivity (Wildman–Crippen MR) is 83.1 cm³/mol. The van der Waals surface area contributed by atoms with E-state index in [9.17, 15) is 4.79 Å². The molecule has 0 bridgehead atoms. The molecule has 20 heavy (non-hydrogen) atoms. The summed E-state index contributed by atoms with van der Waals surface area (Å²) in [5, 5.41) is 7.65. The lowest BCUT2D eigenvalue weighted by atomic mass is 10.2. The molecule has 0 radical (unpaired) electrons. The van der Waals surface area contributed by atoms with Gasteiger partial charge in [-0.3, -0.25) is 9.48 Å². The van der Waals surface area contributed by atoms with Gasteiger partial charge in [0.05, 0.1) is 23.8 Å². The Hall–Kier alpha value is -0.720. The Labute approximate surface area is 128 Å². The van der Waals surface area contributed by atoms with Crippen LogP contribution in [0.15, 0.2) is 10.7 Å². The van der Waals surface area contributed by atoms with E-state index in [4.69, 9.17) is 0 Å². The molecule has 0 aliphatic heterocycles. The topological polar surface area (TPSA) is 50.2 Å². The van der Waals surface area contributed by atoms with Gasteiger partial charge in [-0.1, -0.05) is 12.8 Å². The van der Waals surface area contributed by atoms with Crippen LogP contribution in [-0.2, 0) is 6.54 Å². The molecule has 5 nitrogen and oxygen atoms in total. The van der Waals surface area contributed by atoms with Gasteiger partial charge in [0.1, 0.15) is 5.69 Å². The average molecular weight is 343 g/mol. The standard InChI is InChI=1S/C14H23BrN4O/c1-18(2)7-8-19-14(12(15)9-17-19)13(20)10-16-11-5-3-4-6-11/h9,11,16H,3-8,10H2,1-2H3. The molecule has 0 amide bonds. The zero-order chi connectivity index (χ0) is 14.5. The Bertz CT molecular complexity index is 452. The lowest BCUT2D eigenvalue weighted by Gasteiger charge is -2.13. The number of likely N-dealkylation sites (N-methyl/N-ethyl adjacent to an activating group) is 1. The minimum absolute atomic E-state index is 0.111. The molecule has 1 aliphatic carbocycles. The molecule has 1 heterocycles. The van der Waals surface area contributed by atoms with Gasteiger partial charge in [0.2, 0.25) is 0 Å². The van der Waals surface area contributed by atoms with E-state index in [1.807, 2.05) is 14.1 Å². The fraction of sp³-hybridized carbons (Fsp3) is 0.714. The summed E-state index contributed by atoms with van der Waals surface area (Å²) in [5.41, 5.74) is 0.678. The SMILES string of the molecule is CN(C)CCn1ncc(Br)c1C(=O)CNC1CCCC1. The van der Waals surface area contributed by atoms with Gasteiger partial charge in [-0.05, 0) is 42.9 Å². The smallest absolute Gasteiger partial charge is 0.195 e. The first-order chi connectivity index (χ1) is 9.58. The van der Waals surface area contributed by atoms with E-state index < -0.39 is 0 Å². The molecule has 1 aromatic heterocycles. The third-order valence-electron chi connectivity index (χ3n) is 3.72. The van der Waals surface area contributed by atoms with E-state index in [2.05, 4.69) is 31.2 Å². The van der Waals surface area contributed by atoms with Gasteiger partial charge in [-0.2, -0.15) is 5.10 Å². The number of halogens is 1. The minimum Gasteiger partial charge on any atom is -0.308 e. The first kappa shape index (κ1) is 15.7. The number of rotatable bonds is 7. The summed E-state index contributed by atoms with van der Waals surface area (Å²) >= 11 is 3.43. The second-order valence-corrected chi connectivity index (χ2v) is 6.51. The van der Waals surface area contributed by atoms with Crippen LogP contribution in [0.25, 0.3) is 0 Å². The molecular weight excluding hydrogens is 320 g/mol. The van der Waals surface area contributed by atoms with Gasteiger partial charge in [-0.25, -0.2) is 0 Å². The number of hydrogen-bond donors (Lipinski definition) is 1. The van der Waals surface area contributed by atoms with Crippen molar-refractivity contribution in [2.45, 2.75) is 38.3 Å². The number of hydrogen-bond acceptors (Lipinski definition) is 4. The summed E-state index contributed by atoms with van der Waals surface area (Å²) in [6, 6.07) is 0.510. The molecule has 0 spiro atoms. The lowest BCUT2D eigenvalue weighted by Crippen LogP contribution is -2.33. The molecule has 1 aliphatic rings. The number of ketones is 1. The predicted octanol–water partition coefficient (Wildman–Crippen LogP) is 1.92. The van der Waals surface area contributed by atoms with Crippen molar-refractivity contribution in [3.05, 3.63) is 16.4 Å². The van der Waals surface area contributed by atoms with E-state index in [0.717, 1.165) is 17.6 Å². The number of nitrogens with zero attached hydrogens (tertiary/aromatic N) is 3. The Morgan fingerprint density at radius 3 is 2.85 bits per heavy atom. The molecule has 1 N–H and O–H groups in total. The summed E-state index contributed by atoms with van der Waals surface area (Å²) in [6.45, 7) is 1.99. The van der Waals surface area contributed by atoms with Crippen molar-refractivity contribution in [3.63, 3.8) is 0 Å². The Morgan fingerprint density at radius 1 is 1.50 bits per heavy atom. The van der Waals surface area contributed by atoms with Crippen molar-refractivity contribution in [2.24, 2.45) is 0 Å². The van der Waals surface area contributed by atoms with Gasteiger partial charge in [0.25, 0.3) is 0 Å². The van der Waals surface area contributed by atoms with Gasteiger partial charge in [-0.15, -0.1) is 0 Å². The normalized spacial score (nSPS) is 16.2. The highest BCUT2D eigenvalue weighted by Gasteiger charge is 2.20. The fourth-order valence-corrected chi connectivity index (χ4v) is 3.07. The highest BCUT2D eigenvalue weighted by molar-refractivity contribution is 9.10. The lowest BCUT2D eigenvalue weighted by molar-refractivity contribution is 0.0975. The maximum Gasteiger partial charge on any atom is 0.195 e. The molecule has 1 aromatic rings. The van der Waals surface area contributed by atoms with Crippen molar-refractivity contribution in [1.82, 2.24) is 20.0 Å². The molecule has 6 heteroatoms. The molecule has 0 aromatic carbocycles. The molecule has 112 valence electrons. The van der Waals surface area contributed by atoms with Crippen LogP contribution in [0.4, 0.5) is 0 Å². The number of carbonyl (C=O) groups excluding carboxylic acids is 1. The monoisotopic (exact) mass is 342 g/mol. The summed E-state index contributed by atoms with van der Waals surface area (Å²) in [7, 11) is 4.03. The highest BCUT2D eigenvalue weighted by atomic mass is 79.9. The minimum atomic E-state index is 0.111. The van der Waals surface area contributed by atoms with Crippen molar-refractivity contribution in [3.8, 4) is 0 Å². The van der Waals surface area contributed by atoms with Crippen LogP contribution < -0.4 is 5.32 Å². The van der Waals surface area contributed by atoms with E-state index in [1.165, 1.54) is 25.7 Å². The molecule has 0 unspecified atom stereocenters. The molecule has 2 rings (SSSR count).